The molecule has 7 rings (SSSR count). The monoisotopic (exact) mass is 746 g/mol. The van der Waals surface area contributed by atoms with Crippen LogP contribution in [0, 0.1) is 0 Å². The quantitative estimate of drug-likeness (QED) is 0.158. The predicted molar refractivity (Wildman–Crippen MR) is 206 cm³/mol. The van der Waals surface area contributed by atoms with Gasteiger partial charge in [0.05, 0.1) is 36.5 Å². The summed E-state index contributed by atoms with van der Waals surface area (Å²) in [4.78, 5) is 51.2. The molecule has 54 heavy (non-hydrogen) atoms. The van der Waals surface area contributed by atoms with Crippen LogP contribution in [0.15, 0.2) is 109 Å². The molecule has 2 aliphatic rings. The first-order chi connectivity index (χ1) is 26.2. The Bertz CT molecular complexity index is 2210. The maximum atomic E-state index is 13.9. The summed E-state index contributed by atoms with van der Waals surface area (Å²) in [7, 11) is -1.65. The number of alkyl carbamates (subject to hydrolysis) is 1. The topological polar surface area (TPSA) is 154 Å². The third-order valence-electron chi connectivity index (χ3n) is 9.98. The highest BCUT2D eigenvalue weighted by Crippen LogP contribution is 2.34. The van der Waals surface area contributed by atoms with E-state index >= 15 is 0 Å². The van der Waals surface area contributed by atoms with Crippen LogP contribution < -0.4 is 10.6 Å². The molecule has 0 bridgehead atoms. The molecule has 0 saturated carbocycles. The number of imidazole rings is 1. The van der Waals surface area contributed by atoms with E-state index in [1.165, 1.54) is 7.11 Å². The van der Waals surface area contributed by atoms with Gasteiger partial charge >= 0.3 is 6.09 Å². The van der Waals surface area contributed by atoms with Gasteiger partial charge < -0.3 is 25.3 Å². The Balaban J connectivity index is 0.991. The molecule has 1 aromatic heterocycles. The third kappa shape index (κ3) is 8.53. The van der Waals surface area contributed by atoms with E-state index in [4.69, 9.17) is 9.72 Å². The van der Waals surface area contributed by atoms with Crippen LogP contribution in [0.3, 0.4) is 0 Å². The first-order valence-corrected chi connectivity index (χ1v) is 19.8. The molecule has 3 N–H and O–H groups in total. The van der Waals surface area contributed by atoms with E-state index in [2.05, 4.69) is 26.6 Å². The molecule has 0 radical (unpaired) electrons. The van der Waals surface area contributed by atoms with E-state index in [0.29, 0.717) is 48.8 Å². The van der Waals surface area contributed by atoms with Crippen LogP contribution in [0.25, 0.3) is 22.4 Å². The van der Waals surface area contributed by atoms with Gasteiger partial charge in [0.15, 0.2) is 9.84 Å². The molecule has 3 heterocycles. The lowest BCUT2D eigenvalue weighted by molar-refractivity contribution is -0.134. The number of aromatic amines is 1. The lowest BCUT2D eigenvalue weighted by Crippen LogP contribution is -2.42. The van der Waals surface area contributed by atoms with Crippen LogP contribution in [-0.2, 0) is 25.9 Å². The largest absolute Gasteiger partial charge is 0.453 e. The number of nitrogens with zero attached hydrogens (tertiary/aromatic N) is 3. The number of benzene rings is 4. The van der Waals surface area contributed by atoms with E-state index in [-0.39, 0.29) is 29.4 Å². The molecule has 0 spiro atoms. The number of carbonyl (C=O) groups is 3. The van der Waals surface area contributed by atoms with Gasteiger partial charge in [-0.25, -0.2) is 18.2 Å². The second-order valence-electron chi connectivity index (χ2n) is 13.6. The molecule has 4 aromatic carbocycles. The highest BCUT2D eigenvalue weighted by molar-refractivity contribution is 7.91. The number of hydrogen-bond donors (Lipinski definition) is 3. The molecule has 2 fully saturated rings. The Labute approximate surface area is 314 Å². The van der Waals surface area contributed by atoms with Crippen molar-refractivity contribution in [3.8, 4) is 22.4 Å². The minimum absolute atomic E-state index is 0.192. The molecule has 0 unspecified atom stereocenters. The molecule has 3 amide bonds. The van der Waals surface area contributed by atoms with E-state index in [0.717, 1.165) is 40.8 Å². The molecule has 12 nitrogen and oxygen atoms in total. The Hall–Kier alpha value is -5.79. The number of nitrogens with one attached hydrogen (secondary N) is 3. The molecular formula is C41H42N6O6S. The molecule has 2 aliphatic heterocycles. The fraction of sp³-hybridized carbons (Fsp3) is 0.268. The van der Waals surface area contributed by atoms with Crippen LogP contribution in [0.4, 0.5) is 10.5 Å². The van der Waals surface area contributed by atoms with Crippen molar-refractivity contribution in [3.05, 3.63) is 132 Å². The lowest BCUT2D eigenvalue weighted by atomic mass is 10.0. The number of likely N-dealkylation sites (tertiary alicyclic amines) is 1. The van der Waals surface area contributed by atoms with Crippen molar-refractivity contribution in [1.82, 2.24) is 25.1 Å². The van der Waals surface area contributed by atoms with Gasteiger partial charge in [-0.3, -0.25) is 14.5 Å². The van der Waals surface area contributed by atoms with Gasteiger partial charge in [-0.05, 0) is 65.4 Å². The van der Waals surface area contributed by atoms with E-state index < -0.39 is 22.0 Å². The van der Waals surface area contributed by atoms with Crippen molar-refractivity contribution in [3.63, 3.8) is 0 Å². The molecular weight excluding hydrogens is 705 g/mol. The Kier molecular flexibility index (Phi) is 10.9. The van der Waals surface area contributed by atoms with Gasteiger partial charge in [-0.2, -0.15) is 0 Å². The van der Waals surface area contributed by atoms with Gasteiger partial charge in [0.25, 0.3) is 11.8 Å². The van der Waals surface area contributed by atoms with Crippen LogP contribution in [0.1, 0.15) is 52.2 Å². The van der Waals surface area contributed by atoms with Crippen LogP contribution in [-0.4, -0.2) is 84.3 Å². The maximum Gasteiger partial charge on any atom is 0.407 e. The number of methoxy groups -OCH3 is 1. The number of H-pyrrole nitrogens is 1. The summed E-state index contributed by atoms with van der Waals surface area (Å²) >= 11 is 0. The predicted octanol–water partition coefficient (Wildman–Crippen LogP) is 5.99. The van der Waals surface area contributed by atoms with E-state index in [9.17, 15) is 22.8 Å². The first kappa shape index (κ1) is 36.6. The maximum absolute atomic E-state index is 13.9. The zero-order chi connectivity index (χ0) is 37.7. The fourth-order valence-electron chi connectivity index (χ4n) is 6.99. The minimum atomic E-state index is -2.92. The number of ether oxygens (including phenoxy) is 1. The SMILES string of the molecule is COC(=O)N[C@H](C(=O)N1CCC[C@H]1c1ncc(-c2cccc(-c3ccc(C(=O)Nc4ccc(CN5CCS(=O)(=O)CC5)cc4)cc3)c2)[nH]1)c1ccccc1. The normalized spacial score (nSPS) is 17.4. The lowest BCUT2D eigenvalue weighted by Gasteiger charge is -2.28. The average Bonchev–Trinajstić information content (AvgIpc) is 3.90. The highest BCUT2D eigenvalue weighted by atomic mass is 32.2. The van der Waals surface area contributed by atoms with Crippen molar-refractivity contribution in [2.45, 2.75) is 31.5 Å². The van der Waals surface area contributed by atoms with Gasteiger partial charge in [0, 0.05) is 43.0 Å². The Morgan fingerprint density at radius 2 is 1.59 bits per heavy atom. The molecule has 2 atom stereocenters. The Morgan fingerprint density at radius 3 is 2.31 bits per heavy atom. The van der Waals surface area contributed by atoms with Crippen LogP contribution >= 0.6 is 0 Å². The Morgan fingerprint density at radius 1 is 0.870 bits per heavy atom. The zero-order valence-corrected chi connectivity index (χ0v) is 30.7. The van der Waals surface area contributed by atoms with Gasteiger partial charge in [0.2, 0.25) is 0 Å². The summed E-state index contributed by atoms with van der Waals surface area (Å²) < 4.78 is 28.2. The fourth-order valence-corrected chi connectivity index (χ4v) is 8.26. The summed E-state index contributed by atoms with van der Waals surface area (Å²) in [6, 6.07) is 31.0. The van der Waals surface area contributed by atoms with Crippen LogP contribution in [0.5, 0.6) is 0 Å². The number of aromatic nitrogens is 2. The average molecular weight is 747 g/mol. The number of rotatable bonds is 10. The van der Waals surface area contributed by atoms with Crippen molar-refractivity contribution in [1.29, 1.82) is 0 Å². The third-order valence-corrected chi connectivity index (χ3v) is 11.6. The molecule has 278 valence electrons. The number of hydrogen-bond acceptors (Lipinski definition) is 8. The first-order valence-electron chi connectivity index (χ1n) is 17.9. The van der Waals surface area contributed by atoms with Crippen molar-refractivity contribution in [2.75, 3.05) is 43.6 Å². The van der Waals surface area contributed by atoms with Crippen LogP contribution in [0.2, 0.25) is 0 Å². The van der Waals surface area contributed by atoms with Crippen molar-refractivity contribution < 1.29 is 27.5 Å². The summed E-state index contributed by atoms with van der Waals surface area (Å²) in [6.45, 7) is 2.27. The van der Waals surface area contributed by atoms with Gasteiger partial charge in [-0.15, -0.1) is 0 Å². The summed E-state index contributed by atoms with van der Waals surface area (Å²) in [6.07, 6.45) is 2.63. The number of anilines is 1. The van der Waals surface area contributed by atoms with Crippen molar-refractivity contribution >= 4 is 33.4 Å². The molecule has 2 saturated heterocycles. The second kappa shape index (κ2) is 16.1. The highest BCUT2D eigenvalue weighted by Gasteiger charge is 2.37. The molecule has 0 aliphatic carbocycles. The summed E-state index contributed by atoms with van der Waals surface area (Å²) in [5, 5.41) is 5.66. The van der Waals surface area contributed by atoms with Crippen molar-refractivity contribution in [2.24, 2.45) is 0 Å². The smallest absolute Gasteiger partial charge is 0.407 e. The van der Waals surface area contributed by atoms with Gasteiger partial charge in [-0.1, -0.05) is 72.8 Å². The summed E-state index contributed by atoms with van der Waals surface area (Å²) in [5.74, 6) is 0.616. The molecule has 13 heteroatoms. The zero-order valence-electron chi connectivity index (χ0n) is 29.9. The van der Waals surface area contributed by atoms with E-state index in [1.54, 1.807) is 23.2 Å². The number of carbonyl (C=O) groups excluding carboxylic acids is 3. The van der Waals surface area contributed by atoms with E-state index in [1.807, 2.05) is 84.9 Å². The standard InChI is InChI=1S/C41H42N6O6S/c1-53-41(50)45-37(30-7-3-2-4-8-30)40(49)47-20-6-11-36(47)38-42-26-35(44-38)33-10-5-9-32(25-33)29-14-16-31(17-15-29)39(48)43-34-18-12-28(13-19-34)27-46-21-23-54(51,52)24-22-46/h2-5,7-10,12-19,25-26,36-37H,6,11,20-24,27H2,1H3,(H,42,44)(H,43,48)(H,45,50)/t36-,37-/m0/s1. The number of sulfone groups is 1. The van der Waals surface area contributed by atoms with Gasteiger partial charge in [0.1, 0.15) is 11.9 Å². The minimum Gasteiger partial charge on any atom is -0.453 e. The molecule has 5 aromatic rings. The number of amides is 3. The summed E-state index contributed by atoms with van der Waals surface area (Å²) in [5.41, 5.74) is 6.58. The second-order valence-corrected chi connectivity index (χ2v) is 15.9.